The van der Waals surface area contributed by atoms with Gasteiger partial charge in [0, 0.05) is 12.6 Å². The number of hydrogen-bond acceptors (Lipinski definition) is 3. The average molecular weight is 258 g/mol. The Morgan fingerprint density at radius 1 is 1.16 bits per heavy atom. The van der Waals surface area contributed by atoms with Gasteiger partial charge >= 0.3 is 0 Å². The van der Waals surface area contributed by atoms with Gasteiger partial charge in [0.25, 0.3) is 0 Å². The van der Waals surface area contributed by atoms with E-state index in [2.05, 4.69) is 61.5 Å². The maximum Gasteiger partial charge on any atom is 0.0965 e. The van der Waals surface area contributed by atoms with E-state index in [1.165, 1.54) is 16.7 Å². The average Bonchev–Trinajstić information content (AvgIpc) is 2.72. The molecule has 0 amide bonds. The summed E-state index contributed by atoms with van der Waals surface area (Å²) in [5.41, 5.74) is 4.83. The standard InChI is InChI=1S/C15H22N4/c1-11(2)16-8-15-10-19(18-17-15)9-14-6-12(3)5-13(4)7-14/h5-7,10-11,16H,8-9H2,1-4H3. The summed E-state index contributed by atoms with van der Waals surface area (Å²) in [5.74, 6) is 0. The molecule has 2 rings (SSSR count). The van der Waals surface area contributed by atoms with Crippen LogP contribution in [0.2, 0.25) is 0 Å². The Morgan fingerprint density at radius 2 is 1.84 bits per heavy atom. The highest BCUT2D eigenvalue weighted by Gasteiger charge is 2.03. The molecule has 1 aromatic heterocycles. The lowest BCUT2D eigenvalue weighted by molar-refractivity contribution is 0.580. The number of hydrogen-bond donors (Lipinski definition) is 1. The minimum Gasteiger partial charge on any atom is -0.309 e. The van der Waals surface area contributed by atoms with Crippen molar-refractivity contribution < 1.29 is 0 Å². The molecule has 0 aliphatic rings. The number of benzene rings is 1. The highest BCUT2D eigenvalue weighted by Crippen LogP contribution is 2.10. The summed E-state index contributed by atoms with van der Waals surface area (Å²) in [6.45, 7) is 10.0. The van der Waals surface area contributed by atoms with Crippen LogP contribution in [0.3, 0.4) is 0 Å². The van der Waals surface area contributed by atoms with Crippen molar-refractivity contribution in [1.82, 2.24) is 20.3 Å². The lowest BCUT2D eigenvalue weighted by Crippen LogP contribution is -2.21. The Kier molecular flexibility index (Phi) is 4.32. The third-order valence-corrected chi connectivity index (χ3v) is 2.90. The molecule has 4 heteroatoms. The first kappa shape index (κ1) is 13.7. The van der Waals surface area contributed by atoms with Gasteiger partial charge in [0.05, 0.1) is 18.4 Å². The van der Waals surface area contributed by atoms with Crippen molar-refractivity contribution in [3.05, 3.63) is 46.8 Å². The van der Waals surface area contributed by atoms with E-state index >= 15 is 0 Å². The monoisotopic (exact) mass is 258 g/mol. The number of nitrogens with zero attached hydrogens (tertiary/aromatic N) is 3. The van der Waals surface area contributed by atoms with Gasteiger partial charge in [-0.25, -0.2) is 4.68 Å². The first-order valence-electron chi connectivity index (χ1n) is 6.72. The van der Waals surface area contributed by atoms with Crippen LogP contribution < -0.4 is 5.32 Å². The molecular weight excluding hydrogens is 236 g/mol. The lowest BCUT2D eigenvalue weighted by atomic mass is 10.1. The van der Waals surface area contributed by atoms with E-state index in [1.807, 2.05) is 10.9 Å². The summed E-state index contributed by atoms with van der Waals surface area (Å²) in [6.07, 6.45) is 2.01. The van der Waals surface area contributed by atoms with E-state index in [-0.39, 0.29) is 0 Å². The van der Waals surface area contributed by atoms with E-state index in [4.69, 9.17) is 0 Å². The maximum atomic E-state index is 4.18. The summed E-state index contributed by atoms with van der Waals surface area (Å²) in [5, 5.41) is 11.7. The fourth-order valence-electron chi connectivity index (χ4n) is 2.15. The van der Waals surface area contributed by atoms with Crippen LogP contribution in [0.25, 0.3) is 0 Å². The van der Waals surface area contributed by atoms with Crippen LogP contribution in [0, 0.1) is 13.8 Å². The zero-order chi connectivity index (χ0) is 13.8. The molecule has 0 saturated heterocycles. The molecule has 0 bridgehead atoms. The third-order valence-electron chi connectivity index (χ3n) is 2.90. The Labute approximate surface area is 114 Å². The second-order valence-corrected chi connectivity index (χ2v) is 5.44. The quantitative estimate of drug-likeness (QED) is 0.895. The van der Waals surface area contributed by atoms with Crippen molar-refractivity contribution in [2.75, 3.05) is 0 Å². The van der Waals surface area contributed by atoms with E-state index in [0.29, 0.717) is 6.04 Å². The second-order valence-electron chi connectivity index (χ2n) is 5.44. The number of aromatic nitrogens is 3. The molecule has 0 spiro atoms. The molecule has 0 aliphatic carbocycles. The minimum atomic E-state index is 0.463. The fraction of sp³-hybridized carbons (Fsp3) is 0.467. The summed E-state index contributed by atoms with van der Waals surface area (Å²) in [6, 6.07) is 7.04. The van der Waals surface area contributed by atoms with Gasteiger partial charge in [-0.15, -0.1) is 5.10 Å². The van der Waals surface area contributed by atoms with Crippen LogP contribution in [0.4, 0.5) is 0 Å². The van der Waals surface area contributed by atoms with Gasteiger partial charge in [0.1, 0.15) is 0 Å². The molecule has 1 aromatic carbocycles. The molecule has 1 heterocycles. The Balaban J connectivity index is 2.03. The highest BCUT2D eigenvalue weighted by atomic mass is 15.4. The van der Waals surface area contributed by atoms with Gasteiger partial charge in [-0.3, -0.25) is 0 Å². The molecule has 0 fully saturated rings. The van der Waals surface area contributed by atoms with Crippen LogP contribution in [0.5, 0.6) is 0 Å². The Hall–Kier alpha value is -1.68. The van der Waals surface area contributed by atoms with Crippen LogP contribution in [0.15, 0.2) is 24.4 Å². The van der Waals surface area contributed by atoms with Crippen LogP contribution in [0.1, 0.15) is 36.2 Å². The summed E-state index contributed by atoms with van der Waals surface area (Å²) >= 11 is 0. The molecule has 4 nitrogen and oxygen atoms in total. The van der Waals surface area contributed by atoms with Gasteiger partial charge in [-0.05, 0) is 19.4 Å². The molecule has 102 valence electrons. The van der Waals surface area contributed by atoms with Crippen LogP contribution >= 0.6 is 0 Å². The van der Waals surface area contributed by atoms with Crippen LogP contribution in [-0.4, -0.2) is 21.0 Å². The number of aryl methyl sites for hydroxylation is 2. The van der Waals surface area contributed by atoms with Crippen molar-refractivity contribution in [2.45, 2.75) is 46.8 Å². The predicted octanol–water partition coefficient (Wildman–Crippen LogP) is 2.44. The number of nitrogens with one attached hydrogen (secondary N) is 1. The third kappa shape index (κ3) is 4.17. The second kappa shape index (κ2) is 5.97. The smallest absolute Gasteiger partial charge is 0.0965 e. The fourth-order valence-corrected chi connectivity index (χ4v) is 2.15. The summed E-state index contributed by atoms with van der Waals surface area (Å²) in [4.78, 5) is 0. The van der Waals surface area contributed by atoms with Gasteiger partial charge in [0.2, 0.25) is 0 Å². The van der Waals surface area contributed by atoms with Crippen molar-refractivity contribution >= 4 is 0 Å². The predicted molar refractivity (Wildman–Crippen MR) is 77.0 cm³/mol. The highest BCUT2D eigenvalue weighted by molar-refractivity contribution is 5.28. The Bertz CT molecular complexity index is 523. The SMILES string of the molecule is Cc1cc(C)cc(Cn2cc(CNC(C)C)nn2)c1. The molecule has 19 heavy (non-hydrogen) atoms. The van der Waals surface area contributed by atoms with Crippen LogP contribution in [-0.2, 0) is 13.1 Å². The summed E-state index contributed by atoms with van der Waals surface area (Å²) in [7, 11) is 0. The topological polar surface area (TPSA) is 42.7 Å². The number of rotatable bonds is 5. The van der Waals surface area contributed by atoms with Crippen molar-refractivity contribution in [1.29, 1.82) is 0 Å². The first-order valence-corrected chi connectivity index (χ1v) is 6.72. The molecule has 0 radical (unpaired) electrons. The van der Waals surface area contributed by atoms with E-state index in [0.717, 1.165) is 18.8 Å². The molecule has 2 aromatic rings. The molecule has 0 atom stereocenters. The van der Waals surface area contributed by atoms with E-state index in [9.17, 15) is 0 Å². The van der Waals surface area contributed by atoms with Gasteiger partial charge in [0.15, 0.2) is 0 Å². The molecule has 0 aliphatic heterocycles. The lowest BCUT2D eigenvalue weighted by Gasteiger charge is -2.05. The Morgan fingerprint density at radius 3 is 2.47 bits per heavy atom. The molecule has 1 N–H and O–H groups in total. The molecular formula is C15H22N4. The largest absolute Gasteiger partial charge is 0.309 e. The van der Waals surface area contributed by atoms with Crippen molar-refractivity contribution in [3.8, 4) is 0 Å². The van der Waals surface area contributed by atoms with Crippen molar-refractivity contribution in [3.63, 3.8) is 0 Å². The molecule has 0 saturated carbocycles. The minimum absolute atomic E-state index is 0.463. The maximum absolute atomic E-state index is 4.18. The zero-order valence-electron chi connectivity index (χ0n) is 12.1. The first-order chi connectivity index (χ1) is 9.02. The van der Waals surface area contributed by atoms with E-state index in [1.54, 1.807) is 0 Å². The summed E-state index contributed by atoms with van der Waals surface area (Å²) < 4.78 is 1.89. The zero-order valence-corrected chi connectivity index (χ0v) is 12.1. The van der Waals surface area contributed by atoms with Gasteiger partial charge < -0.3 is 5.32 Å². The van der Waals surface area contributed by atoms with Gasteiger partial charge in [-0.2, -0.15) is 0 Å². The molecule has 0 unspecified atom stereocenters. The van der Waals surface area contributed by atoms with Crippen molar-refractivity contribution in [2.24, 2.45) is 0 Å². The van der Waals surface area contributed by atoms with E-state index < -0.39 is 0 Å². The van der Waals surface area contributed by atoms with Gasteiger partial charge in [-0.1, -0.05) is 48.4 Å². The normalized spacial score (nSPS) is 11.2.